The molecule has 5 nitrogen and oxygen atoms in total. The Morgan fingerprint density at radius 3 is 2.78 bits per heavy atom. The number of nitro benzene ring substituents is 1. The van der Waals surface area contributed by atoms with Crippen LogP contribution in [0.25, 0.3) is 0 Å². The minimum absolute atomic E-state index is 0.0727. The fraction of sp³-hybridized carbons (Fsp3) is 0.500. The van der Waals surface area contributed by atoms with Gasteiger partial charge < -0.3 is 10.1 Å². The maximum Gasteiger partial charge on any atom is 0.270 e. The van der Waals surface area contributed by atoms with Gasteiger partial charge in [0.2, 0.25) is 0 Å². The van der Waals surface area contributed by atoms with Crippen LogP contribution < -0.4 is 5.32 Å². The Hall–Kier alpha value is -1.14. The highest BCUT2D eigenvalue weighted by Crippen LogP contribution is 2.26. The molecular weight excluding hydrogens is 300 g/mol. The molecule has 0 bridgehead atoms. The molecule has 0 aliphatic heterocycles. The Bertz CT molecular complexity index is 410. The van der Waals surface area contributed by atoms with Crippen molar-refractivity contribution >= 4 is 27.3 Å². The number of halogens is 1. The topological polar surface area (TPSA) is 64.4 Å². The van der Waals surface area contributed by atoms with Gasteiger partial charge in [-0.25, -0.2) is 0 Å². The van der Waals surface area contributed by atoms with Gasteiger partial charge in [-0.3, -0.25) is 10.1 Å². The highest BCUT2D eigenvalue weighted by atomic mass is 79.9. The van der Waals surface area contributed by atoms with Gasteiger partial charge in [0.05, 0.1) is 11.5 Å². The molecule has 0 aromatic heterocycles. The molecule has 6 heteroatoms. The second-order valence-electron chi connectivity index (χ2n) is 4.32. The molecule has 0 aliphatic rings. The second kappa shape index (κ2) is 7.33. The largest absolute Gasteiger partial charge is 0.382 e. The van der Waals surface area contributed by atoms with Crippen molar-refractivity contribution in [1.29, 1.82) is 0 Å². The van der Waals surface area contributed by atoms with E-state index in [1.165, 1.54) is 12.1 Å². The lowest BCUT2D eigenvalue weighted by Gasteiger charge is -2.10. The summed E-state index contributed by atoms with van der Waals surface area (Å²) < 4.78 is 6.11. The van der Waals surface area contributed by atoms with Crippen LogP contribution in [0.15, 0.2) is 22.7 Å². The van der Waals surface area contributed by atoms with Gasteiger partial charge >= 0.3 is 0 Å². The Kier molecular flexibility index (Phi) is 6.07. The average Bonchev–Trinajstić information content (AvgIpc) is 2.29. The molecule has 0 amide bonds. The number of hydrogen-bond acceptors (Lipinski definition) is 4. The van der Waals surface area contributed by atoms with Crippen LogP contribution in [-0.4, -0.2) is 24.7 Å². The lowest BCUT2D eigenvalue weighted by atomic mass is 10.2. The average molecular weight is 317 g/mol. The van der Waals surface area contributed by atoms with Crippen LogP contribution in [0.4, 0.5) is 11.4 Å². The van der Waals surface area contributed by atoms with Gasteiger partial charge in [0.1, 0.15) is 0 Å². The van der Waals surface area contributed by atoms with Crippen LogP contribution in [0, 0.1) is 16.0 Å². The zero-order valence-electron chi connectivity index (χ0n) is 10.5. The summed E-state index contributed by atoms with van der Waals surface area (Å²) in [4.78, 5) is 10.2. The number of rotatable bonds is 7. The third kappa shape index (κ3) is 5.01. The third-order valence-electron chi connectivity index (χ3n) is 2.18. The van der Waals surface area contributed by atoms with E-state index in [2.05, 4.69) is 35.1 Å². The molecule has 0 aliphatic carbocycles. The number of ether oxygens (including phenoxy) is 1. The molecule has 0 saturated heterocycles. The molecule has 0 saturated carbocycles. The highest BCUT2D eigenvalue weighted by Gasteiger charge is 2.08. The minimum Gasteiger partial charge on any atom is -0.382 e. The van der Waals surface area contributed by atoms with E-state index in [9.17, 15) is 10.1 Å². The Labute approximate surface area is 115 Å². The summed E-state index contributed by atoms with van der Waals surface area (Å²) in [5.41, 5.74) is 0.900. The summed E-state index contributed by atoms with van der Waals surface area (Å²) >= 11 is 3.30. The number of benzene rings is 1. The maximum absolute atomic E-state index is 10.6. The van der Waals surface area contributed by atoms with Gasteiger partial charge in [-0.05, 0) is 27.9 Å². The zero-order valence-corrected chi connectivity index (χ0v) is 12.1. The predicted octanol–water partition coefficient (Wildman–Crippen LogP) is 3.44. The number of nitrogens with one attached hydrogen (secondary N) is 1. The van der Waals surface area contributed by atoms with Gasteiger partial charge in [0.15, 0.2) is 0 Å². The van der Waals surface area contributed by atoms with E-state index in [1.807, 2.05) is 0 Å². The van der Waals surface area contributed by atoms with Crippen molar-refractivity contribution in [3.8, 4) is 0 Å². The molecular formula is C12H17BrN2O3. The summed E-state index contributed by atoms with van der Waals surface area (Å²) in [5.74, 6) is 0.524. The van der Waals surface area contributed by atoms with E-state index in [1.54, 1.807) is 6.07 Å². The van der Waals surface area contributed by atoms with Crippen LogP contribution in [-0.2, 0) is 4.74 Å². The zero-order chi connectivity index (χ0) is 13.5. The molecule has 0 unspecified atom stereocenters. The summed E-state index contributed by atoms with van der Waals surface area (Å²) in [6, 6.07) is 4.64. The third-order valence-corrected chi connectivity index (χ3v) is 2.83. The van der Waals surface area contributed by atoms with Gasteiger partial charge in [0.25, 0.3) is 5.69 Å². The summed E-state index contributed by atoms with van der Waals surface area (Å²) in [6.45, 7) is 6.22. The molecule has 1 rings (SSSR count). The second-order valence-corrected chi connectivity index (χ2v) is 5.17. The smallest absolute Gasteiger partial charge is 0.270 e. The lowest BCUT2D eigenvalue weighted by molar-refractivity contribution is -0.384. The van der Waals surface area contributed by atoms with Gasteiger partial charge in [-0.1, -0.05) is 13.8 Å². The molecule has 100 valence electrons. The Morgan fingerprint density at radius 2 is 2.22 bits per heavy atom. The van der Waals surface area contributed by atoms with Crippen LogP contribution >= 0.6 is 15.9 Å². The van der Waals surface area contributed by atoms with Crippen LogP contribution in [0.2, 0.25) is 0 Å². The van der Waals surface area contributed by atoms with Gasteiger partial charge in [0, 0.05) is 35.4 Å². The molecule has 0 heterocycles. The van der Waals surface area contributed by atoms with Crippen molar-refractivity contribution in [2.24, 2.45) is 5.92 Å². The molecule has 1 aromatic rings. The Balaban J connectivity index is 2.41. The van der Waals surface area contributed by atoms with Gasteiger partial charge in [-0.15, -0.1) is 0 Å². The fourth-order valence-corrected chi connectivity index (χ4v) is 1.84. The SMILES string of the molecule is CC(C)COCCNc1ccc([N+](=O)[O-])cc1Br. The molecule has 1 N–H and O–H groups in total. The first-order chi connectivity index (χ1) is 8.50. The summed E-state index contributed by atoms with van der Waals surface area (Å²) in [7, 11) is 0. The highest BCUT2D eigenvalue weighted by molar-refractivity contribution is 9.10. The fourth-order valence-electron chi connectivity index (χ4n) is 1.34. The number of non-ortho nitro benzene ring substituents is 1. The first-order valence-electron chi connectivity index (χ1n) is 5.76. The first-order valence-corrected chi connectivity index (χ1v) is 6.55. The number of anilines is 1. The first kappa shape index (κ1) is 14.9. The van der Waals surface area contributed by atoms with Crippen molar-refractivity contribution in [1.82, 2.24) is 0 Å². The Morgan fingerprint density at radius 1 is 1.50 bits per heavy atom. The number of nitro groups is 1. The van der Waals surface area contributed by atoms with Gasteiger partial charge in [-0.2, -0.15) is 0 Å². The van der Waals surface area contributed by atoms with Crippen LogP contribution in [0.1, 0.15) is 13.8 Å². The van der Waals surface area contributed by atoms with Crippen LogP contribution in [0.5, 0.6) is 0 Å². The number of hydrogen-bond donors (Lipinski definition) is 1. The summed E-state index contributed by atoms with van der Waals surface area (Å²) in [5, 5.41) is 13.7. The van der Waals surface area contributed by atoms with E-state index in [0.717, 1.165) is 12.3 Å². The monoisotopic (exact) mass is 316 g/mol. The van der Waals surface area contributed by atoms with E-state index < -0.39 is 4.92 Å². The van der Waals surface area contributed by atoms with Crippen molar-refractivity contribution < 1.29 is 9.66 Å². The van der Waals surface area contributed by atoms with Crippen LogP contribution in [0.3, 0.4) is 0 Å². The van der Waals surface area contributed by atoms with Crippen molar-refractivity contribution in [2.45, 2.75) is 13.8 Å². The van der Waals surface area contributed by atoms with Crippen molar-refractivity contribution in [3.63, 3.8) is 0 Å². The summed E-state index contributed by atoms with van der Waals surface area (Å²) in [6.07, 6.45) is 0. The van der Waals surface area contributed by atoms with E-state index in [-0.39, 0.29) is 5.69 Å². The number of nitrogens with zero attached hydrogens (tertiary/aromatic N) is 1. The van der Waals surface area contributed by atoms with Crippen molar-refractivity contribution in [2.75, 3.05) is 25.1 Å². The minimum atomic E-state index is -0.416. The van der Waals surface area contributed by atoms with Crippen molar-refractivity contribution in [3.05, 3.63) is 32.8 Å². The molecule has 0 radical (unpaired) electrons. The normalized spacial score (nSPS) is 10.7. The van der Waals surface area contributed by atoms with E-state index >= 15 is 0 Å². The van der Waals surface area contributed by atoms with E-state index in [0.29, 0.717) is 23.5 Å². The predicted molar refractivity (Wildman–Crippen MR) is 74.9 cm³/mol. The lowest BCUT2D eigenvalue weighted by Crippen LogP contribution is -2.12. The molecule has 1 aromatic carbocycles. The molecule has 18 heavy (non-hydrogen) atoms. The quantitative estimate of drug-likeness (QED) is 0.475. The molecule has 0 spiro atoms. The standard InChI is InChI=1S/C12H17BrN2O3/c1-9(2)8-18-6-5-14-12-4-3-10(15(16)17)7-11(12)13/h3-4,7,9,14H,5-6,8H2,1-2H3. The molecule has 0 fully saturated rings. The maximum atomic E-state index is 10.6. The van der Waals surface area contributed by atoms with E-state index in [4.69, 9.17) is 4.74 Å². The molecule has 0 atom stereocenters.